The first-order valence-electron chi connectivity index (χ1n) is 8.81. The van der Waals surface area contributed by atoms with Gasteiger partial charge in [-0.25, -0.2) is 4.99 Å². The lowest BCUT2D eigenvalue weighted by molar-refractivity contribution is 0.336. The van der Waals surface area contributed by atoms with Crippen LogP contribution in [-0.4, -0.2) is 16.3 Å². The average molecular weight is 361 g/mol. The van der Waals surface area contributed by atoms with E-state index in [1.165, 1.54) is 11.1 Å². The van der Waals surface area contributed by atoms with Gasteiger partial charge in [-0.05, 0) is 36.4 Å². The zero-order valence-corrected chi connectivity index (χ0v) is 16.1. The first-order chi connectivity index (χ1) is 12.8. The van der Waals surface area contributed by atoms with Crippen LogP contribution >= 0.6 is 11.8 Å². The second kappa shape index (κ2) is 9.25. The van der Waals surface area contributed by atoms with Crippen LogP contribution < -0.4 is 0 Å². The predicted molar refractivity (Wildman–Crippen MR) is 114 cm³/mol. The lowest BCUT2D eigenvalue weighted by Gasteiger charge is -2.32. The zero-order chi connectivity index (χ0) is 18.2. The van der Waals surface area contributed by atoms with Crippen LogP contribution in [0.25, 0.3) is 0 Å². The van der Waals surface area contributed by atoms with Gasteiger partial charge in [0.05, 0.1) is 11.7 Å². The van der Waals surface area contributed by atoms with Crippen molar-refractivity contribution < 1.29 is 0 Å². The molecule has 3 aromatic carbocycles. The summed E-state index contributed by atoms with van der Waals surface area (Å²) in [5.74, 6) is 0. The number of hydrogen-bond acceptors (Lipinski definition) is 2. The Kier molecular flexibility index (Phi) is 6.50. The summed E-state index contributed by atoms with van der Waals surface area (Å²) in [5, 5.41) is 1.02. The summed E-state index contributed by atoms with van der Waals surface area (Å²) in [5.41, 5.74) is 3.55. The van der Waals surface area contributed by atoms with Gasteiger partial charge < -0.3 is 4.90 Å². The van der Waals surface area contributed by atoms with E-state index in [-0.39, 0.29) is 6.04 Å². The van der Waals surface area contributed by atoms with Crippen LogP contribution in [-0.2, 0) is 6.54 Å². The summed E-state index contributed by atoms with van der Waals surface area (Å²) in [6, 6.07) is 31.6. The monoisotopic (exact) mass is 360 g/mol. The minimum Gasteiger partial charge on any atom is -0.340 e. The first kappa shape index (κ1) is 18.3. The van der Waals surface area contributed by atoms with Gasteiger partial charge in [-0.1, -0.05) is 90.6 Å². The van der Waals surface area contributed by atoms with E-state index in [0.717, 1.165) is 17.4 Å². The van der Waals surface area contributed by atoms with Crippen LogP contribution in [0.2, 0.25) is 0 Å². The Morgan fingerprint density at radius 2 is 1.38 bits per heavy atom. The van der Waals surface area contributed by atoms with Gasteiger partial charge in [0.25, 0.3) is 0 Å². The average Bonchev–Trinajstić information content (AvgIpc) is 2.72. The van der Waals surface area contributed by atoms with Gasteiger partial charge in [0.2, 0.25) is 0 Å². The number of rotatable bonds is 5. The first-order valence-corrected chi connectivity index (χ1v) is 10.0. The van der Waals surface area contributed by atoms with Crippen LogP contribution in [0.1, 0.15) is 24.1 Å². The third kappa shape index (κ3) is 4.77. The lowest BCUT2D eigenvalue weighted by Crippen LogP contribution is -2.31. The van der Waals surface area contributed by atoms with Crippen molar-refractivity contribution in [1.29, 1.82) is 0 Å². The maximum Gasteiger partial charge on any atom is 0.164 e. The molecule has 0 saturated carbocycles. The molecule has 0 spiro atoms. The van der Waals surface area contributed by atoms with E-state index in [4.69, 9.17) is 4.99 Å². The zero-order valence-electron chi connectivity index (χ0n) is 15.2. The van der Waals surface area contributed by atoms with Crippen molar-refractivity contribution in [3.63, 3.8) is 0 Å². The molecule has 1 atom stereocenters. The van der Waals surface area contributed by atoms with E-state index < -0.39 is 0 Å². The van der Waals surface area contributed by atoms with E-state index in [2.05, 4.69) is 78.7 Å². The largest absolute Gasteiger partial charge is 0.340 e. The number of aliphatic imine (C=N–C) groups is 1. The second-order valence-electron chi connectivity index (χ2n) is 6.13. The molecule has 0 fully saturated rings. The highest BCUT2D eigenvalue weighted by Gasteiger charge is 2.20. The van der Waals surface area contributed by atoms with Gasteiger partial charge >= 0.3 is 0 Å². The van der Waals surface area contributed by atoms with Gasteiger partial charge in [-0.2, -0.15) is 0 Å². The van der Waals surface area contributed by atoms with Crippen molar-refractivity contribution in [2.24, 2.45) is 4.99 Å². The van der Waals surface area contributed by atoms with Gasteiger partial charge in [-0.15, -0.1) is 0 Å². The number of benzene rings is 3. The maximum atomic E-state index is 4.93. The lowest BCUT2D eigenvalue weighted by atomic mass is 10.1. The van der Waals surface area contributed by atoms with Crippen LogP contribution in [0.4, 0.5) is 5.69 Å². The predicted octanol–water partition coefficient (Wildman–Crippen LogP) is 6.30. The molecule has 0 aliphatic heterocycles. The fourth-order valence-corrected chi connectivity index (χ4v) is 3.56. The summed E-state index contributed by atoms with van der Waals surface area (Å²) in [6.07, 6.45) is 2.09. The molecule has 0 saturated heterocycles. The number of thioether (sulfide) groups is 1. The molecular weight excluding hydrogens is 336 g/mol. The van der Waals surface area contributed by atoms with Crippen molar-refractivity contribution >= 4 is 22.6 Å². The Bertz CT molecular complexity index is 817. The van der Waals surface area contributed by atoms with Crippen molar-refractivity contribution in [3.8, 4) is 0 Å². The molecule has 2 nitrogen and oxygen atoms in total. The molecular formula is C23H24N2S. The summed E-state index contributed by atoms with van der Waals surface area (Å²) >= 11 is 1.69. The van der Waals surface area contributed by atoms with Gasteiger partial charge in [0.15, 0.2) is 5.17 Å². The topological polar surface area (TPSA) is 15.6 Å². The highest BCUT2D eigenvalue weighted by atomic mass is 32.2. The Morgan fingerprint density at radius 1 is 0.846 bits per heavy atom. The molecule has 0 bridgehead atoms. The molecule has 3 rings (SSSR count). The highest BCUT2D eigenvalue weighted by Crippen LogP contribution is 2.27. The SMILES string of the molecule is CSC(=Nc1ccccc1)N(Cc1ccccc1)C(C)c1ccccc1. The Morgan fingerprint density at radius 3 is 1.96 bits per heavy atom. The summed E-state index contributed by atoms with van der Waals surface area (Å²) in [6.45, 7) is 3.07. The van der Waals surface area contributed by atoms with E-state index in [1.807, 2.05) is 30.3 Å². The Hall–Kier alpha value is -2.52. The van der Waals surface area contributed by atoms with Crippen molar-refractivity contribution in [2.75, 3.05) is 6.26 Å². The Balaban J connectivity index is 1.97. The second-order valence-corrected chi connectivity index (χ2v) is 6.91. The van der Waals surface area contributed by atoms with Crippen LogP contribution in [0.15, 0.2) is 96.0 Å². The number of para-hydroxylation sites is 1. The van der Waals surface area contributed by atoms with E-state index in [9.17, 15) is 0 Å². The summed E-state index contributed by atoms with van der Waals surface area (Å²) in [4.78, 5) is 7.30. The van der Waals surface area contributed by atoms with Crippen molar-refractivity contribution in [1.82, 2.24) is 4.90 Å². The van der Waals surface area contributed by atoms with Crippen molar-refractivity contribution in [2.45, 2.75) is 19.5 Å². The molecule has 0 aliphatic carbocycles. The molecule has 26 heavy (non-hydrogen) atoms. The quantitative estimate of drug-likeness (QED) is 0.392. The molecule has 0 aliphatic rings. The minimum atomic E-state index is 0.228. The van der Waals surface area contributed by atoms with Crippen molar-refractivity contribution in [3.05, 3.63) is 102 Å². The maximum absolute atomic E-state index is 4.93. The van der Waals surface area contributed by atoms with Crippen LogP contribution in [0.3, 0.4) is 0 Å². The van der Waals surface area contributed by atoms with E-state index in [0.29, 0.717) is 0 Å². The number of nitrogens with zero attached hydrogens (tertiary/aromatic N) is 2. The molecule has 132 valence electrons. The van der Waals surface area contributed by atoms with Crippen LogP contribution in [0.5, 0.6) is 0 Å². The molecule has 0 N–H and O–H groups in total. The standard InChI is InChI=1S/C23H24N2S/c1-19(21-14-8-4-9-15-21)25(18-20-12-6-3-7-13-20)23(26-2)24-22-16-10-5-11-17-22/h3-17,19H,18H2,1-2H3. The third-order valence-corrected chi connectivity index (χ3v) is 5.05. The smallest absolute Gasteiger partial charge is 0.164 e. The fourth-order valence-electron chi connectivity index (χ4n) is 2.90. The third-order valence-electron chi connectivity index (χ3n) is 4.35. The van der Waals surface area contributed by atoms with E-state index in [1.54, 1.807) is 11.8 Å². The van der Waals surface area contributed by atoms with Crippen LogP contribution in [0, 0.1) is 0 Å². The number of hydrogen-bond donors (Lipinski definition) is 0. The molecule has 3 aromatic rings. The molecule has 0 radical (unpaired) electrons. The Labute approximate surface area is 160 Å². The number of amidine groups is 1. The molecule has 1 unspecified atom stereocenters. The van der Waals surface area contributed by atoms with Gasteiger partial charge in [0.1, 0.15) is 0 Å². The normalized spacial score (nSPS) is 12.6. The summed E-state index contributed by atoms with van der Waals surface area (Å²) in [7, 11) is 0. The highest BCUT2D eigenvalue weighted by molar-refractivity contribution is 8.13. The molecule has 0 heterocycles. The summed E-state index contributed by atoms with van der Waals surface area (Å²) < 4.78 is 0. The van der Waals surface area contributed by atoms with E-state index >= 15 is 0 Å². The molecule has 3 heteroatoms. The fraction of sp³-hybridized carbons (Fsp3) is 0.174. The molecule has 0 aromatic heterocycles. The van der Waals surface area contributed by atoms with Gasteiger partial charge in [-0.3, -0.25) is 0 Å². The van der Waals surface area contributed by atoms with Gasteiger partial charge in [0, 0.05) is 6.54 Å². The minimum absolute atomic E-state index is 0.228. The molecule has 0 amide bonds.